The first-order valence-electron chi connectivity index (χ1n) is 17.5. The normalized spacial score (nSPS) is 16.2. The Bertz CT molecular complexity index is 1720. The molecule has 2 fully saturated rings. The standard InChI is InChI=1S/C38H45FN6O6S/c1-3-34(52)40-23-31-24-45(38(49)51-31)30-16-17-33(32(39)22-30)43-18-20-44(21-19-43)35(46)11-7-10-27-12-14-29(15-13-27)42-41-26(2)36(47)37(48)50-25-28-8-5-4-6-9-28/h4-6,8-9,12-17,22,26,31,41-42H,3,7,10-11,18-21,23-25H2,1-2H3,(H,40,52)/t26-,31-/m0/s1. The lowest BCUT2D eigenvalue weighted by molar-refractivity contribution is -0.155. The number of halogens is 1. The minimum Gasteiger partial charge on any atom is -0.455 e. The van der Waals surface area contributed by atoms with Crippen molar-refractivity contribution in [2.75, 3.05) is 54.5 Å². The van der Waals surface area contributed by atoms with Gasteiger partial charge in [0.15, 0.2) is 0 Å². The highest BCUT2D eigenvalue weighted by Gasteiger charge is 2.33. The summed E-state index contributed by atoms with van der Waals surface area (Å²) < 4.78 is 25.8. The molecule has 14 heteroatoms. The number of thiocarbonyl (C=S) groups is 1. The van der Waals surface area contributed by atoms with E-state index in [1.165, 1.54) is 11.0 Å². The van der Waals surface area contributed by atoms with Crippen molar-refractivity contribution in [1.29, 1.82) is 0 Å². The molecule has 3 aromatic carbocycles. The molecule has 2 aliphatic heterocycles. The van der Waals surface area contributed by atoms with Crippen molar-refractivity contribution in [2.45, 2.75) is 58.3 Å². The van der Waals surface area contributed by atoms with Crippen LogP contribution in [-0.4, -0.2) is 85.1 Å². The van der Waals surface area contributed by atoms with E-state index in [9.17, 15) is 19.2 Å². The molecule has 0 aliphatic carbocycles. The van der Waals surface area contributed by atoms with E-state index >= 15 is 4.39 Å². The van der Waals surface area contributed by atoms with Gasteiger partial charge in [-0.1, -0.05) is 61.6 Å². The van der Waals surface area contributed by atoms with Crippen LogP contribution in [0.1, 0.15) is 44.2 Å². The van der Waals surface area contributed by atoms with E-state index in [4.69, 9.17) is 21.7 Å². The zero-order valence-electron chi connectivity index (χ0n) is 29.4. The average molecular weight is 733 g/mol. The number of amides is 2. The topological polar surface area (TPSA) is 133 Å². The summed E-state index contributed by atoms with van der Waals surface area (Å²) in [5.41, 5.74) is 9.23. The van der Waals surface area contributed by atoms with E-state index in [0.717, 1.165) is 11.1 Å². The maximum atomic E-state index is 15.3. The molecular weight excluding hydrogens is 688 g/mol. The highest BCUT2D eigenvalue weighted by molar-refractivity contribution is 7.80. The molecule has 0 bridgehead atoms. The summed E-state index contributed by atoms with van der Waals surface area (Å²) in [6.07, 6.45) is 1.60. The van der Waals surface area contributed by atoms with Gasteiger partial charge in [0.2, 0.25) is 5.91 Å². The number of aryl methyl sites for hydroxylation is 1. The Morgan fingerprint density at radius 3 is 2.42 bits per heavy atom. The highest BCUT2D eigenvalue weighted by atomic mass is 32.1. The largest absolute Gasteiger partial charge is 0.455 e. The summed E-state index contributed by atoms with van der Waals surface area (Å²) in [6.45, 7) is 6.25. The number of piperazine rings is 1. The smallest absolute Gasteiger partial charge is 0.414 e. The number of ketones is 1. The Hall–Kier alpha value is -5.08. The second-order valence-electron chi connectivity index (χ2n) is 12.7. The van der Waals surface area contributed by atoms with Crippen molar-refractivity contribution in [3.63, 3.8) is 0 Å². The van der Waals surface area contributed by atoms with Crippen molar-refractivity contribution in [1.82, 2.24) is 15.6 Å². The molecule has 2 heterocycles. The molecule has 3 aromatic rings. The third-order valence-corrected chi connectivity index (χ3v) is 9.42. The van der Waals surface area contributed by atoms with E-state index in [1.807, 2.05) is 71.3 Å². The molecule has 0 saturated carbocycles. The fraction of sp³-hybridized carbons (Fsp3) is 0.395. The van der Waals surface area contributed by atoms with E-state index in [1.54, 1.807) is 19.1 Å². The predicted octanol–water partition coefficient (Wildman–Crippen LogP) is 4.77. The highest BCUT2D eigenvalue weighted by Crippen LogP contribution is 2.29. The number of hydrogen-bond donors (Lipinski definition) is 3. The third-order valence-electron chi connectivity index (χ3n) is 8.99. The molecule has 2 atom stereocenters. The molecule has 0 unspecified atom stereocenters. The zero-order chi connectivity index (χ0) is 37.0. The van der Waals surface area contributed by atoms with Crippen LogP contribution in [0, 0.1) is 5.82 Å². The number of ether oxygens (including phenoxy) is 2. The summed E-state index contributed by atoms with van der Waals surface area (Å²) in [4.78, 5) is 55.8. The SMILES string of the molecule is CCC(=S)NC[C@H]1CN(c2ccc(N3CCN(C(=O)CCCc4ccc(NN[C@@H](C)C(=O)C(=O)OCc5ccccc5)cc4)CC3)c(F)c2)C(=O)O1. The number of nitrogens with zero attached hydrogens (tertiary/aromatic N) is 3. The van der Waals surface area contributed by atoms with Crippen LogP contribution in [-0.2, 0) is 36.9 Å². The first-order valence-corrected chi connectivity index (χ1v) is 17.9. The monoisotopic (exact) mass is 732 g/mol. The van der Waals surface area contributed by atoms with Crippen LogP contribution in [0.3, 0.4) is 0 Å². The molecule has 0 spiro atoms. The number of rotatable bonds is 16. The maximum Gasteiger partial charge on any atom is 0.414 e. The van der Waals surface area contributed by atoms with Crippen LogP contribution in [0.5, 0.6) is 0 Å². The molecule has 3 N–H and O–H groups in total. The third kappa shape index (κ3) is 10.5. The van der Waals surface area contributed by atoms with Gasteiger partial charge in [0.25, 0.3) is 5.78 Å². The number of hydrogen-bond acceptors (Lipinski definition) is 10. The lowest BCUT2D eigenvalue weighted by Crippen LogP contribution is -2.49. The molecule has 2 saturated heterocycles. The molecule has 0 radical (unpaired) electrons. The van der Waals surface area contributed by atoms with Crippen molar-refractivity contribution >= 4 is 58.0 Å². The van der Waals surface area contributed by atoms with Gasteiger partial charge in [-0.05, 0) is 67.6 Å². The van der Waals surface area contributed by atoms with E-state index in [0.29, 0.717) is 87.0 Å². The van der Waals surface area contributed by atoms with Gasteiger partial charge >= 0.3 is 12.1 Å². The van der Waals surface area contributed by atoms with Crippen molar-refractivity contribution < 1.29 is 33.0 Å². The Kier molecular flexibility index (Phi) is 13.5. The van der Waals surface area contributed by atoms with Gasteiger partial charge in [0.05, 0.1) is 35.5 Å². The number of esters is 1. The summed E-state index contributed by atoms with van der Waals surface area (Å²) in [5, 5.41) is 3.08. The number of carbonyl (C=O) groups is 4. The van der Waals surface area contributed by atoms with Crippen LogP contribution in [0.2, 0.25) is 0 Å². The second kappa shape index (κ2) is 18.4. The van der Waals surface area contributed by atoms with Crippen molar-refractivity contribution in [3.05, 3.63) is 89.7 Å². The quantitative estimate of drug-likeness (QED) is 0.0815. The maximum absolute atomic E-state index is 15.3. The average Bonchev–Trinajstić information content (AvgIpc) is 3.55. The lowest BCUT2D eigenvalue weighted by atomic mass is 10.1. The Labute approximate surface area is 308 Å². The first-order chi connectivity index (χ1) is 25.1. The van der Waals surface area contributed by atoms with Crippen LogP contribution in [0.4, 0.5) is 26.2 Å². The summed E-state index contributed by atoms with van der Waals surface area (Å²) in [7, 11) is 0. The number of Topliss-reactive ketones (excluding diaryl/α,β-unsaturated/α-hetero) is 1. The van der Waals surface area contributed by atoms with Gasteiger partial charge in [0, 0.05) is 38.3 Å². The summed E-state index contributed by atoms with van der Waals surface area (Å²) in [5.74, 6) is -1.95. The molecule has 5 rings (SSSR count). The van der Waals surface area contributed by atoms with Gasteiger partial charge in [-0.15, -0.1) is 0 Å². The molecular formula is C38H45FN6O6S. The Morgan fingerprint density at radius 1 is 1.00 bits per heavy atom. The lowest BCUT2D eigenvalue weighted by Gasteiger charge is -2.36. The molecule has 276 valence electrons. The fourth-order valence-electron chi connectivity index (χ4n) is 5.89. The van der Waals surface area contributed by atoms with Crippen LogP contribution < -0.4 is 26.0 Å². The number of carbonyl (C=O) groups excluding carboxylic acids is 4. The molecule has 0 aromatic heterocycles. The van der Waals surface area contributed by atoms with Crippen molar-refractivity contribution in [2.24, 2.45) is 0 Å². The van der Waals surface area contributed by atoms with Gasteiger partial charge in [-0.2, -0.15) is 0 Å². The minimum absolute atomic E-state index is 0.0306. The number of cyclic esters (lactones) is 1. The molecule has 52 heavy (non-hydrogen) atoms. The number of nitrogens with one attached hydrogen (secondary N) is 3. The van der Waals surface area contributed by atoms with Crippen LogP contribution in [0.25, 0.3) is 0 Å². The predicted molar refractivity (Wildman–Crippen MR) is 201 cm³/mol. The zero-order valence-corrected chi connectivity index (χ0v) is 30.3. The number of benzene rings is 3. The van der Waals surface area contributed by atoms with Crippen LogP contribution in [0.15, 0.2) is 72.8 Å². The van der Waals surface area contributed by atoms with E-state index < -0.39 is 29.7 Å². The second-order valence-corrected chi connectivity index (χ2v) is 13.2. The van der Waals surface area contributed by atoms with Gasteiger partial charge in [-0.3, -0.25) is 14.5 Å². The van der Waals surface area contributed by atoms with Crippen LogP contribution >= 0.6 is 12.2 Å². The van der Waals surface area contributed by atoms with E-state index in [2.05, 4.69) is 16.2 Å². The Balaban J connectivity index is 0.989. The van der Waals surface area contributed by atoms with Crippen molar-refractivity contribution in [3.8, 4) is 0 Å². The van der Waals surface area contributed by atoms with Gasteiger partial charge in [-0.25, -0.2) is 19.4 Å². The number of hydrazine groups is 1. The molecule has 12 nitrogen and oxygen atoms in total. The number of anilines is 3. The molecule has 2 amide bonds. The fourth-order valence-corrected chi connectivity index (χ4v) is 5.98. The minimum atomic E-state index is -0.902. The van der Waals surface area contributed by atoms with Gasteiger partial charge < -0.3 is 30.0 Å². The Morgan fingerprint density at radius 2 is 1.73 bits per heavy atom. The first kappa shape index (κ1) is 38.2. The summed E-state index contributed by atoms with van der Waals surface area (Å²) in [6, 6.07) is 20.7. The van der Waals surface area contributed by atoms with Gasteiger partial charge in [0.1, 0.15) is 18.5 Å². The van der Waals surface area contributed by atoms with E-state index in [-0.39, 0.29) is 18.6 Å². The molecule has 2 aliphatic rings. The summed E-state index contributed by atoms with van der Waals surface area (Å²) >= 11 is 5.17.